The van der Waals surface area contributed by atoms with E-state index < -0.39 is 11.5 Å². The molecule has 35 heavy (non-hydrogen) atoms. The van der Waals surface area contributed by atoms with Gasteiger partial charge in [0.15, 0.2) is 11.5 Å². The number of aromatic amines is 1. The number of carboxylic acids is 1. The molecule has 7 heteroatoms. The predicted molar refractivity (Wildman–Crippen MR) is 137 cm³/mol. The van der Waals surface area contributed by atoms with Crippen molar-refractivity contribution in [3.63, 3.8) is 0 Å². The van der Waals surface area contributed by atoms with Crippen LogP contribution in [-0.4, -0.2) is 32.4 Å². The first-order valence-electron chi connectivity index (χ1n) is 11.4. The molecule has 0 saturated carbocycles. The number of rotatable bonds is 5. The maximum atomic E-state index is 12.9. The van der Waals surface area contributed by atoms with Gasteiger partial charge >= 0.3 is 5.97 Å². The third-order valence-electron chi connectivity index (χ3n) is 6.06. The number of aromatic nitrogens is 3. The van der Waals surface area contributed by atoms with Gasteiger partial charge in [0.1, 0.15) is 0 Å². The van der Waals surface area contributed by atoms with Gasteiger partial charge in [-0.05, 0) is 79.4 Å². The molecule has 0 atom stereocenters. The lowest BCUT2D eigenvalue weighted by molar-refractivity contribution is 0.0689. The number of aryl methyl sites for hydroxylation is 2. The smallest absolute Gasteiger partial charge is 0.354 e. The van der Waals surface area contributed by atoms with Crippen LogP contribution in [-0.2, 0) is 6.42 Å². The van der Waals surface area contributed by atoms with Crippen molar-refractivity contribution in [1.29, 1.82) is 0 Å². The first kappa shape index (κ1) is 22.2. The minimum absolute atomic E-state index is 0.0166. The van der Waals surface area contributed by atoms with Gasteiger partial charge in [0.05, 0.1) is 5.56 Å². The highest BCUT2D eigenvalue weighted by molar-refractivity contribution is 5.90. The van der Waals surface area contributed by atoms with Crippen molar-refractivity contribution >= 4 is 29.5 Å². The number of nitrogens with zero attached hydrogens (tertiary/aromatic N) is 3. The Morgan fingerprint density at radius 3 is 2.69 bits per heavy atom. The quantitative estimate of drug-likeness (QED) is 0.407. The lowest BCUT2D eigenvalue weighted by atomic mass is 9.98. The number of nitrogens with one attached hydrogen (secondary N) is 1. The van der Waals surface area contributed by atoms with Crippen molar-refractivity contribution in [2.75, 3.05) is 11.4 Å². The summed E-state index contributed by atoms with van der Waals surface area (Å²) in [5.41, 5.74) is 8.09. The van der Waals surface area contributed by atoms with Gasteiger partial charge in [-0.25, -0.2) is 14.5 Å². The van der Waals surface area contributed by atoms with Gasteiger partial charge in [-0.3, -0.25) is 9.89 Å². The highest BCUT2D eigenvalue weighted by atomic mass is 16.4. The van der Waals surface area contributed by atoms with Crippen molar-refractivity contribution in [2.45, 2.75) is 19.8 Å². The summed E-state index contributed by atoms with van der Waals surface area (Å²) < 4.78 is 1.12. The van der Waals surface area contributed by atoms with E-state index >= 15 is 0 Å². The molecule has 0 saturated heterocycles. The summed E-state index contributed by atoms with van der Waals surface area (Å²) in [6.45, 7) is 3.06. The van der Waals surface area contributed by atoms with E-state index in [-0.39, 0.29) is 11.3 Å². The fraction of sp³-hybridized carbons (Fsp3) is 0.143. The molecule has 174 valence electrons. The first-order valence-corrected chi connectivity index (χ1v) is 11.4. The van der Waals surface area contributed by atoms with Crippen LogP contribution < -0.4 is 10.5 Å². The third-order valence-corrected chi connectivity index (χ3v) is 6.06. The molecule has 0 fully saturated rings. The van der Waals surface area contributed by atoms with E-state index in [1.54, 1.807) is 24.3 Å². The number of H-pyrrole nitrogens is 1. The molecule has 2 aromatic heterocycles. The predicted octanol–water partition coefficient (Wildman–Crippen LogP) is 4.98. The second-order valence-corrected chi connectivity index (χ2v) is 8.47. The highest BCUT2D eigenvalue weighted by Gasteiger charge is 2.20. The Balaban J connectivity index is 1.46. The SMILES string of the molecule is Cc1ccc(N2CCCc3cc(C=C=Cc4c(C(=O)O)[nH]n(-c5ccccn5)c4=O)ccc32)cc1. The van der Waals surface area contributed by atoms with Gasteiger partial charge in [0, 0.05) is 24.1 Å². The standard InChI is InChI=1S/C28H24N4O3/c1-19-10-13-22(14-11-19)31-17-5-7-21-18-20(12-15-24(21)31)6-4-8-23-26(28(34)35)30-32(27(23)33)25-9-2-3-16-29-25/h2-3,6,8-16,18,30H,5,7,17H2,1H3,(H,34,35). The fourth-order valence-electron chi connectivity index (χ4n) is 4.32. The Labute approximate surface area is 202 Å². The Morgan fingerprint density at radius 2 is 1.94 bits per heavy atom. The van der Waals surface area contributed by atoms with Crippen LogP contribution in [0, 0.1) is 6.92 Å². The summed E-state index contributed by atoms with van der Waals surface area (Å²) in [5, 5.41) is 12.2. The van der Waals surface area contributed by atoms with E-state index in [1.165, 1.54) is 34.8 Å². The van der Waals surface area contributed by atoms with Crippen molar-refractivity contribution in [2.24, 2.45) is 0 Å². The van der Waals surface area contributed by atoms with Crippen molar-refractivity contribution in [3.8, 4) is 5.82 Å². The van der Waals surface area contributed by atoms with Gasteiger partial charge in [0.25, 0.3) is 5.56 Å². The number of pyridine rings is 1. The van der Waals surface area contributed by atoms with Crippen molar-refractivity contribution in [1.82, 2.24) is 14.8 Å². The van der Waals surface area contributed by atoms with E-state index in [9.17, 15) is 14.7 Å². The van der Waals surface area contributed by atoms with Crippen LogP contribution in [0.2, 0.25) is 0 Å². The summed E-state index contributed by atoms with van der Waals surface area (Å²) in [6.07, 6.45) is 6.74. The second-order valence-electron chi connectivity index (χ2n) is 8.47. The molecule has 0 bridgehead atoms. The molecule has 0 radical (unpaired) electrons. The molecule has 5 rings (SSSR count). The normalized spacial score (nSPS) is 12.5. The molecular formula is C28H24N4O3. The minimum atomic E-state index is -1.23. The Hall–Kier alpha value is -4.61. The van der Waals surface area contributed by atoms with E-state index in [0.717, 1.165) is 29.6 Å². The van der Waals surface area contributed by atoms with Gasteiger partial charge in [0.2, 0.25) is 0 Å². The van der Waals surface area contributed by atoms with Crippen LogP contribution in [0.1, 0.15) is 39.2 Å². The van der Waals surface area contributed by atoms with Crippen molar-refractivity contribution in [3.05, 3.63) is 111 Å². The van der Waals surface area contributed by atoms with Crippen LogP contribution in [0.25, 0.3) is 18.0 Å². The molecule has 0 aliphatic carbocycles. The molecule has 2 N–H and O–H groups in total. The Kier molecular flexibility index (Phi) is 5.92. The molecular weight excluding hydrogens is 440 g/mol. The van der Waals surface area contributed by atoms with E-state index in [4.69, 9.17) is 0 Å². The number of fused-ring (bicyclic) bond motifs is 1. The lowest BCUT2D eigenvalue weighted by Crippen LogP contribution is -2.24. The molecule has 7 nitrogen and oxygen atoms in total. The fourth-order valence-corrected chi connectivity index (χ4v) is 4.32. The topological polar surface area (TPSA) is 91.2 Å². The molecule has 2 aromatic carbocycles. The third kappa shape index (κ3) is 4.45. The zero-order chi connectivity index (χ0) is 24.4. The van der Waals surface area contributed by atoms with Crippen LogP contribution in [0.5, 0.6) is 0 Å². The average molecular weight is 465 g/mol. The number of hydrogen-bond donors (Lipinski definition) is 2. The van der Waals surface area contributed by atoms with Crippen LogP contribution >= 0.6 is 0 Å². The van der Waals surface area contributed by atoms with Crippen LogP contribution in [0.3, 0.4) is 0 Å². The van der Waals surface area contributed by atoms with Gasteiger partial charge in [-0.2, -0.15) is 0 Å². The van der Waals surface area contributed by atoms with Gasteiger partial charge < -0.3 is 10.0 Å². The monoisotopic (exact) mass is 464 g/mol. The second kappa shape index (κ2) is 9.33. The maximum Gasteiger partial charge on any atom is 0.354 e. The number of hydrogen-bond acceptors (Lipinski definition) is 4. The van der Waals surface area contributed by atoms with E-state index in [2.05, 4.69) is 64.0 Å². The number of carbonyl (C=O) groups is 1. The number of carboxylic acid groups (broad SMARTS) is 1. The number of anilines is 2. The van der Waals surface area contributed by atoms with Crippen LogP contribution in [0.15, 0.2) is 77.4 Å². The molecule has 3 heterocycles. The largest absolute Gasteiger partial charge is 0.477 e. The first-order chi connectivity index (χ1) is 17.0. The number of benzene rings is 2. The zero-order valence-corrected chi connectivity index (χ0v) is 19.2. The zero-order valence-electron chi connectivity index (χ0n) is 19.2. The Bertz CT molecular complexity index is 1510. The van der Waals surface area contributed by atoms with Gasteiger partial charge in [-0.1, -0.05) is 29.8 Å². The van der Waals surface area contributed by atoms with Crippen molar-refractivity contribution < 1.29 is 9.90 Å². The summed E-state index contributed by atoms with van der Waals surface area (Å²) >= 11 is 0. The highest BCUT2D eigenvalue weighted by Crippen LogP contribution is 2.34. The van der Waals surface area contributed by atoms with E-state index in [0.29, 0.717) is 5.82 Å². The summed E-state index contributed by atoms with van der Waals surface area (Å²) in [4.78, 5) is 31.0. The summed E-state index contributed by atoms with van der Waals surface area (Å²) in [7, 11) is 0. The van der Waals surface area contributed by atoms with Crippen LogP contribution in [0.4, 0.5) is 11.4 Å². The number of aromatic carboxylic acids is 1. The molecule has 0 amide bonds. The molecule has 1 aliphatic rings. The molecule has 4 aromatic rings. The summed E-state index contributed by atoms with van der Waals surface area (Å²) in [6, 6.07) is 19.9. The Morgan fingerprint density at radius 1 is 1.11 bits per heavy atom. The lowest BCUT2D eigenvalue weighted by Gasteiger charge is -2.31. The van der Waals surface area contributed by atoms with E-state index in [1.807, 2.05) is 6.07 Å². The summed E-state index contributed by atoms with van der Waals surface area (Å²) in [5.74, 6) is -0.911. The average Bonchev–Trinajstić information content (AvgIpc) is 3.21. The molecule has 1 aliphatic heterocycles. The van der Waals surface area contributed by atoms with Gasteiger partial charge in [-0.15, -0.1) is 5.73 Å². The molecule has 0 spiro atoms. The maximum absolute atomic E-state index is 12.9. The molecule has 0 unspecified atom stereocenters. The minimum Gasteiger partial charge on any atom is -0.477 e.